The summed E-state index contributed by atoms with van der Waals surface area (Å²) in [6.45, 7) is 0.606. The molecule has 1 N–H and O–H groups in total. The van der Waals surface area contributed by atoms with E-state index in [4.69, 9.17) is 0 Å². The lowest BCUT2D eigenvalue weighted by atomic mass is 10.1. The van der Waals surface area contributed by atoms with Gasteiger partial charge in [-0.3, -0.25) is 13.9 Å². The molecular formula is C26H25BrF3N3O4S. The molecule has 0 bridgehead atoms. The number of halogens is 4. The number of anilines is 1. The second kappa shape index (κ2) is 12.0. The Balaban J connectivity index is 2.07. The van der Waals surface area contributed by atoms with Crippen molar-refractivity contribution in [3.05, 3.63) is 94.5 Å². The van der Waals surface area contributed by atoms with Crippen LogP contribution in [-0.2, 0) is 32.3 Å². The van der Waals surface area contributed by atoms with Crippen LogP contribution in [0.1, 0.15) is 18.1 Å². The third-order valence-corrected chi connectivity index (χ3v) is 8.07. The zero-order valence-electron chi connectivity index (χ0n) is 20.4. The molecule has 1 atom stereocenters. The summed E-state index contributed by atoms with van der Waals surface area (Å²) in [6, 6.07) is 16.8. The zero-order valence-corrected chi connectivity index (χ0v) is 22.8. The molecule has 12 heteroatoms. The first kappa shape index (κ1) is 29.2. The van der Waals surface area contributed by atoms with E-state index in [2.05, 4.69) is 21.2 Å². The fourth-order valence-corrected chi connectivity index (χ4v) is 5.36. The highest BCUT2D eigenvalue weighted by Crippen LogP contribution is 2.33. The number of hydrogen-bond acceptors (Lipinski definition) is 4. The number of alkyl halides is 3. The fraction of sp³-hybridized carbons (Fsp3) is 0.231. The van der Waals surface area contributed by atoms with Gasteiger partial charge in [-0.15, -0.1) is 0 Å². The monoisotopic (exact) mass is 611 g/mol. The van der Waals surface area contributed by atoms with Crippen LogP contribution < -0.4 is 9.62 Å². The minimum absolute atomic E-state index is 0.0392. The topological polar surface area (TPSA) is 86.8 Å². The number of amides is 2. The molecule has 0 radical (unpaired) electrons. The number of carbonyl (C=O) groups is 2. The van der Waals surface area contributed by atoms with Crippen molar-refractivity contribution in [2.45, 2.75) is 30.6 Å². The van der Waals surface area contributed by atoms with Crippen LogP contribution in [-0.4, -0.2) is 44.8 Å². The summed E-state index contributed by atoms with van der Waals surface area (Å²) in [7, 11) is -3.06. The third-order valence-electron chi connectivity index (χ3n) is 5.75. The number of benzene rings is 3. The lowest BCUT2D eigenvalue weighted by Crippen LogP contribution is -2.50. The molecule has 0 aliphatic heterocycles. The molecule has 0 saturated heterocycles. The molecular weight excluding hydrogens is 587 g/mol. The number of carbonyl (C=O) groups excluding carboxylic acids is 2. The first-order valence-electron chi connectivity index (χ1n) is 11.3. The van der Waals surface area contributed by atoms with Gasteiger partial charge in [-0.2, -0.15) is 13.2 Å². The summed E-state index contributed by atoms with van der Waals surface area (Å²) in [5.41, 5.74) is -0.747. The molecule has 0 fully saturated rings. The highest BCUT2D eigenvalue weighted by Gasteiger charge is 2.35. The van der Waals surface area contributed by atoms with Crippen LogP contribution in [0.15, 0.2) is 88.2 Å². The van der Waals surface area contributed by atoms with E-state index in [9.17, 15) is 31.2 Å². The molecule has 38 heavy (non-hydrogen) atoms. The van der Waals surface area contributed by atoms with E-state index < -0.39 is 46.2 Å². The van der Waals surface area contributed by atoms with Gasteiger partial charge in [0.2, 0.25) is 11.8 Å². The number of hydrogen-bond donors (Lipinski definition) is 1. The predicted molar refractivity (Wildman–Crippen MR) is 141 cm³/mol. The summed E-state index contributed by atoms with van der Waals surface area (Å²) in [5.74, 6) is -1.27. The van der Waals surface area contributed by atoms with E-state index in [1.807, 2.05) is 0 Å². The Bertz CT molecular complexity index is 1380. The van der Waals surface area contributed by atoms with Gasteiger partial charge in [0.25, 0.3) is 10.0 Å². The van der Waals surface area contributed by atoms with E-state index in [1.165, 1.54) is 49.2 Å². The molecule has 3 aromatic carbocycles. The maximum atomic E-state index is 13.6. The van der Waals surface area contributed by atoms with Gasteiger partial charge >= 0.3 is 6.18 Å². The van der Waals surface area contributed by atoms with Crippen LogP contribution >= 0.6 is 15.9 Å². The van der Waals surface area contributed by atoms with Crippen molar-refractivity contribution in [2.24, 2.45) is 0 Å². The Morgan fingerprint density at radius 2 is 1.61 bits per heavy atom. The fourth-order valence-electron chi connectivity index (χ4n) is 3.66. The Morgan fingerprint density at radius 1 is 0.974 bits per heavy atom. The van der Waals surface area contributed by atoms with Gasteiger partial charge < -0.3 is 10.2 Å². The average molecular weight is 612 g/mol. The lowest BCUT2D eigenvalue weighted by molar-refractivity contribution is -0.139. The predicted octanol–water partition coefficient (Wildman–Crippen LogP) is 4.83. The van der Waals surface area contributed by atoms with E-state index >= 15 is 0 Å². The molecule has 202 valence electrons. The molecule has 0 aliphatic carbocycles. The molecule has 0 spiro atoms. The molecule has 0 heterocycles. The quantitative estimate of drug-likeness (QED) is 0.376. The van der Waals surface area contributed by atoms with Gasteiger partial charge in [0, 0.05) is 18.1 Å². The maximum absolute atomic E-state index is 13.6. The van der Waals surface area contributed by atoms with Crippen molar-refractivity contribution in [3.63, 3.8) is 0 Å². The minimum Gasteiger partial charge on any atom is -0.357 e. The van der Waals surface area contributed by atoms with Gasteiger partial charge in [0.1, 0.15) is 12.6 Å². The number of sulfonamides is 1. The molecule has 7 nitrogen and oxygen atoms in total. The van der Waals surface area contributed by atoms with Crippen molar-refractivity contribution in [3.8, 4) is 0 Å². The molecule has 0 aromatic heterocycles. The van der Waals surface area contributed by atoms with Crippen LogP contribution in [0.3, 0.4) is 0 Å². The SMILES string of the molecule is CNC(=O)C(C)N(Cc1ccc(Br)cc1)C(=O)CN(c1cccc(C(F)(F)F)c1)S(=O)(=O)c1ccccc1. The molecule has 3 aromatic rings. The smallest absolute Gasteiger partial charge is 0.357 e. The Morgan fingerprint density at radius 3 is 2.18 bits per heavy atom. The molecule has 0 saturated carbocycles. The first-order valence-corrected chi connectivity index (χ1v) is 13.6. The van der Waals surface area contributed by atoms with E-state index in [0.29, 0.717) is 15.9 Å². The van der Waals surface area contributed by atoms with Crippen LogP contribution in [0.5, 0.6) is 0 Å². The van der Waals surface area contributed by atoms with Crippen LogP contribution in [0.25, 0.3) is 0 Å². The summed E-state index contributed by atoms with van der Waals surface area (Å²) in [5, 5.41) is 2.46. The van der Waals surface area contributed by atoms with Crippen LogP contribution in [0, 0.1) is 0 Å². The molecule has 1 unspecified atom stereocenters. The highest BCUT2D eigenvalue weighted by molar-refractivity contribution is 9.10. The van der Waals surface area contributed by atoms with Crippen LogP contribution in [0.4, 0.5) is 18.9 Å². The van der Waals surface area contributed by atoms with E-state index in [1.54, 1.807) is 30.3 Å². The average Bonchev–Trinajstić information content (AvgIpc) is 2.90. The van der Waals surface area contributed by atoms with Gasteiger partial charge in [-0.05, 0) is 55.0 Å². The molecule has 0 aliphatic rings. The van der Waals surface area contributed by atoms with Gasteiger partial charge in [-0.25, -0.2) is 8.42 Å². The summed E-state index contributed by atoms with van der Waals surface area (Å²) < 4.78 is 69.0. The van der Waals surface area contributed by atoms with Crippen molar-refractivity contribution in [1.82, 2.24) is 10.2 Å². The maximum Gasteiger partial charge on any atom is 0.416 e. The highest BCUT2D eigenvalue weighted by atomic mass is 79.9. The zero-order chi connectivity index (χ0) is 28.1. The summed E-state index contributed by atoms with van der Waals surface area (Å²) >= 11 is 3.33. The third kappa shape index (κ3) is 6.93. The number of likely N-dealkylation sites (N-methyl/N-ethyl adjacent to an activating group) is 1. The summed E-state index contributed by atoms with van der Waals surface area (Å²) in [4.78, 5) is 27.1. The normalized spacial score (nSPS) is 12.5. The largest absolute Gasteiger partial charge is 0.416 e. The Labute approximate surface area is 227 Å². The standard InChI is InChI=1S/C26H25BrF3N3O4S/c1-18(25(35)31-2)32(16-19-11-13-21(27)14-12-19)24(34)17-33(38(36,37)23-9-4-3-5-10-23)22-8-6-7-20(15-22)26(28,29)30/h3-15,18H,16-17H2,1-2H3,(H,31,35). The van der Waals surface area contributed by atoms with Gasteiger partial charge in [-0.1, -0.05) is 52.3 Å². The van der Waals surface area contributed by atoms with E-state index in [0.717, 1.165) is 16.6 Å². The minimum atomic E-state index is -4.73. The van der Waals surface area contributed by atoms with Gasteiger partial charge in [0.15, 0.2) is 0 Å². The number of nitrogens with zero attached hydrogens (tertiary/aromatic N) is 2. The van der Waals surface area contributed by atoms with E-state index in [-0.39, 0.29) is 17.1 Å². The van der Waals surface area contributed by atoms with Crippen molar-refractivity contribution < 1.29 is 31.2 Å². The molecule has 2 amide bonds. The van der Waals surface area contributed by atoms with Crippen molar-refractivity contribution in [1.29, 1.82) is 0 Å². The second-order valence-electron chi connectivity index (χ2n) is 8.31. The summed E-state index contributed by atoms with van der Waals surface area (Å²) in [6.07, 6.45) is -4.73. The number of nitrogens with one attached hydrogen (secondary N) is 1. The Kier molecular flexibility index (Phi) is 9.21. The first-order chi connectivity index (χ1) is 17.8. The van der Waals surface area contributed by atoms with Crippen LogP contribution in [0.2, 0.25) is 0 Å². The van der Waals surface area contributed by atoms with Gasteiger partial charge in [0.05, 0.1) is 16.1 Å². The van der Waals surface area contributed by atoms with Crippen molar-refractivity contribution >= 4 is 43.5 Å². The molecule has 3 rings (SSSR count). The Hall–Kier alpha value is -3.38. The lowest BCUT2D eigenvalue weighted by Gasteiger charge is -2.32. The second-order valence-corrected chi connectivity index (χ2v) is 11.1. The number of rotatable bonds is 9. The van der Waals surface area contributed by atoms with Crippen molar-refractivity contribution in [2.75, 3.05) is 17.9 Å².